The van der Waals surface area contributed by atoms with Crippen LogP contribution < -0.4 is 4.72 Å². The molecule has 1 rings (SSSR count). The zero-order valence-corrected chi connectivity index (χ0v) is 10.6. The summed E-state index contributed by atoms with van der Waals surface area (Å²) in [6, 6.07) is 5.80. The van der Waals surface area contributed by atoms with Crippen LogP contribution in [0.15, 0.2) is 29.2 Å². The van der Waals surface area contributed by atoms with Crippen LogP contribution in [-0.2, 0) is 21.2 Å². The van der Waals surface area contributed by atoms with Crippen molar-refractivity contribution in [3.05, 3.63) is 29.8 Å². The first-order chi connectivity index (χ1) is 8.90. The Morgan fingerprint density at radius 2 is 1.95 bits per heavy atom. The maximum Gasteiger partial charge on any atom is 0.324 e. The molecular formula is C11H12N2O5S. The molecule has 8 heteroatoms. The first kappa shape index (κ1) is 15.1. The van der Waals surface area contributed by atoms with Gasteiger partial charge in [0.15, 0.2) is 0 Å². The molecule has 19 heavy (non-hydrogen) atoms. The van der Waals surface area contributed by atoms with Crippen molar-refractivity contribution in [3.8, 4) is 6.07 Å². The number of sulfonamides is 1. The molecule has 0 radical (unpaired) electrons. The number of aliphatic hydroxyl groups is 1. The Balaban J connectivity index is 2.94. The molecule has 0 aliphatic rings. The quantitative estimate of drug-likeness (QED) is 0.644. The number of nitrogens with zero attached hydrogens (tertiary/aromatic N) is 1. The highest BCUT2D eigenvalue weighted by Gasteiger charge is 2.24. The van der Waals surface area contributed by atoms with Crippen LogP contribution in [0.5, 0.6) is 0 Å². The molecule has 0 aliphatic heterocycles. The van der Waals surface area contributed by atoms with Crippen LogP contribution in [0.2, 0.25) is 0 Å². The van der Waals surface area contributed by atoms with Crippen molar-refractivity contribution in [2.75, 3.05) is 6.61 Å². The van der Waals surface area contributed by atoms with E-state index in [2.05, 4.69) is 0 Å². The van der Waals surface area contributed by atoms with Crippen LogP contribution in [0, 0.1) is 11.3 Å². The van der Waals surface area contributed by atoms with Gasteiger partial charge in [0.2, 0.25) is 10.0 Å². The van der Waals surface area contributed by atoms with E-state index in [1.165, 1.54) is 24.3 Å². The number of nitrogens with one attached hydrogen (secondary N) is 1. The maximum absolute atomic E-state index is 11.8. The molecule has 1 atom stereocenters. The Labute approximate surface area is 110 Å². The minimum Gasteiger partial charge on any atom is -0.480 e. The molecule has 3 N–H and O–H groups in total. The van der Waals surface area contributed by atoms with E-state index in [-0.39, 0.29) is 11.3 Å². The molecule has 0 aliphatic carbocycles. The number of benzene rings is 1. The van der Waals surface area contributed by atoms with Crippen molar-refractivity contribution < 1.29 is 23.4 Å². The number of aliphatic carboxylic acids is 1. The van der Waals surface area contributed by atoms with Crippen molar-refractivity contribution in [3.63, 3.8) is 0 Å². The van der Waals surface area contributed by atoms with Gasteiger partial charge in [0.1, 0.15) is 6.04 Å². The van der Waals surface area contributed by atoms with Crippen molar-refractivity contribution >= 4 is 16.0 Å². The highest BCUT2D eigenvalue weighted by atomic mass is 32.2. The predicted octanol–water partition coefficient (Wildman–Crippen LogP) is -0.524. The number of carboxylic acid groups (broad SMARTS) is 1. The second kappa shape index (κ2) is 6.29. The molecule has 0 fully saturated rings. The first-order valence-electron chi connectivity index (χ1n) is 5.22. The molecule has 0 spiro atoms. The van der Waals surface area contributed by atoms with Crippen molar-refractivity contribution in [2.24, 2.45) is 0 Å². The smallest absolute Gasteiger partial charge is 0.324 e. The topological polar surface area (TPSA) is 127 Å². The number of carboxylic acids is 1. The molecular weight excluding hydrogens is 272 g/mol. The second-order valence-electron chi connectivity index (χ2n) is 3.67. The van der Waals surface area contributed by atoms with E-state index in [0.29, 0.717) is 5.56 Å². The van der Waals surface area contributed by atoms with Gasteiger partial charge >= 0.3 is 5.97 Å². The molecule has 1 aromatic carbocycles. The van der Waals surface area contributed by atoms with Gasteiger partial charge < -0.3 is 10.2 Å². The van der Waals surface area contributed by atoms with Crippen LogP contribution in [-0.4, -0.2) is 37.2 Å². The minimum atomic E-state index is -4.02. The molecule has 0 saturated carbocycles. The summed E-state index contributed by atoms with van der Waals surface area (Å²) in [5.41, 5.74) is 0.651. The summed E-state index contributed by atoms with van der Waals surface area (Å²) in [6.07, 6.45) is 0.155. The Bertz CT molecular complexity index is 589. The number of hydrogen-bond acceptors (Lipinski definition) is 5. The van der Waals surface area contributed by atoms with Gasteiger partial charge in [0.05, 0.1) is 24.0 Å². The molecule has 102 valence electrons. The molecule has 0 amide bonds. The Morgan fingerprint density at radius 3 is 2.37 bits per heavy atom. The van der Waals surface area contributed by atoms with E-state index in [9.17, 15) is 13.2 Å². The van der Waals surface area contributed by atoms with Gasteiger partial charge in [-0.05, 0) is 17.7 Å². The number of hydrogen-bond donors (Lipinski definition) is 3. The van der Waals surface area contributed by atoms with Crippen LogP contribution in [0.1, 0.15) is 5.56 Å². The summed E-state index contributed by atoms with van der Waals surface area (Å²) >= 11 is 0. The Morgan fingerprint density at radius 1 is 1.37 bits per heavy atom. The predicted molar refractivity (Wildman–Crippen MR) is 64.6 cm³/mol. The third kappa shape index (κ3) is 4.03. The SMILES string of the molecule is N#CCc1ccc(S(=O)(=O)N[C@H](CO)C(=O)O)cc1. The van der Waals surface area contributed by atoms with E-state index in [0.717, 1.165) is 0 Å². The van der Waals surface area contributed by atoms with E-state index in [1.54, 1.807) is 0 Å². The van der Waals surface area contributed by atoms with Crippen molar-refractivity contribution in [1.29, 1.82) is 5.26 Å². The summed E-state index contributed by atoms with van der Waals surface area (Å²) in [5.74, 6) is -1.47. The summed E-state index contributed by atoms with van der Waals surface area (Å²) in [7, 11) is -4.02. The van der Waals surface area contributed by atoms with Crippen molar-refractivity contribution in [2.45, 2.75) is 17.4 Å². The Hall–Kier alpha value is -1.95. The van der Waals surface area contributed by atoms with E-state index in [1.807, 2.05) is 10.8 Å². The third-order valence-corrected chi connectivity index (χ3v) is 3.78. The monoisotopic (exact) mass is 284 g/mol. The molecule has 0 bridgehead atoms. The average Bonchev–Trinajstić information content (AvgIpc) is 2.37. The second-order valence-corrected chi connectivity index (χ2v) is 5.39. The van der Waals surface area contributed by atoms with E-state index in [4.69, 9.17) is 15.5 Å². The lowest BCUT2D eigenvalue weighted by Crippen LogP contribution is -2.43. The summed E-state index contributed by atoms with van der Waals surface area (Å²) in [6.45, 7) is -0.846. The summed E-state index contributed by atoms with van der Waals surface area (Å²) in [4.78, 5) is 10.5. The van der Waals surface area contributed by atoms with Gasteiger partial charge in [-0.15, -0.1) is 0 Å². The molecule has 0 saturated heterocycles. The van der Waals surface area contributed by atoms with Crippen LogP contribution in [0.25, 0.3) is 0 Å². The highest BCUT2D eigenvalue weighted by Crippen LogP contribution is 2.11. The normalized spacial score (nSPS) is 12.6. The van der Waals surface area contributed by atoms with Crippen LogP contribution in [0.4, 0.5) is 0 Å². The fourth-order valence-electron chi connectivity index (χ4n) is 1.30. The number of rotatable bonds is 6. The van der Waals surface area contributed by atoms with Gasteiger partial charge in [-0.25, -0.2) is 8.42 Å². The highest BCUT2D eigenvalue weighted by molar-refractivity contribution is 7.89. The molecule has 7 nitrogen and oxygen atoms in total. The first-order valence-corrected chi connectivity index (χ1v) is 6.71. The zero-order valence-electron chi connectivity index (χ0n) is 9.78. The van der Waals surface area contributed by atoms with E-state index < -0.39 is 28.6 Å². The van der Waals surface area contributed by atoms with Crippen molar-refractivity contribution in [1.82, 2.24) is 4.72 Å². The fourth-order valence-corrected chi connectivity index (χ4v) is 2.48. The third-order valence-electron chi connectivity index (χ3n) is 2.29. The molecule has 1 aromatic rings. The fraction of sp³-hybridized carbons (Fsp3) is 0.273. The molecule has 0 unspecified atom stereocenters. The largest absolute Gasteiger partial charge is 0.480 e. The average molecular weight is 284 g/mol. The van der Waals surface area contributed by atoms with E-state index >= 15 is 0 Å². The Kier molecular flexibility index (Phi) is 5.00. The summed E-state index contributed by atoms with van der Waals surface area (Å²) < 4.78 is 25.5. The number of nitriles is 1. The van der Waals surface area contributed by atoms with Gasteiger partial charge in [0.25, 0.3) is 0 Å². The zero-order chi connectivity index (χ0) is 14.5. The molecule has 0 aromatic heterocycles. The number of aliphatic hydroxyl groups excluding tert-OH is 1. The molecule has 0 heterocycles. The van der Waals surface area contributed by atoms with Gasteiger partial charge in [-0.3, -0.25) is 4.79 Å². The number of carbonyl (C=O) groups is 1. The van der Waals surface area contributed by atoms with Gasteiger partial charge in [-0.1, -0.05) is 12.1 Å². The van der Waals surface area contributed by atoms with Gasteiger partial charge in [0, 0.05) is 0 Å². The van der Waals surface area contributed by atoms with Crippen LogP contribution in [0.3, 0.4) is 0 Å². The maximum atomic E-state index is 11.8. The lowest BCUT2D eigenvalue weighted by atomic mass is 10.2. The standard InChI is InChI=1S/C11H12N2O5S/c12-6-5-8-1-3-9(4-2-8)19(17,18)13-10(7-14)11(15)16/h1-4,10,13-14H,5,7H2,(H,15,16)/t10-/m1/s1. The van der Waals surface area contributed by atoms with Crippen LogP contribution >= 0.6 is 0 Å². The lowest BCUT2D eigenvalue weighted by Gasteiger charge is -2.12. The summed E-state index contributed by atoms with van der Waals surface area (Å²) in [5, 5.41) is 25.9. The lowest BCUT2D eigenvalue weighted by molar-refractivity contribution is -0.139. The minimum absolute atomic E-state index is 0.131. The van der Waals surface area contributed by atoms with Gasteiger partial charge in [-0.2, -0.15) is 9.98 Å².